The zero-order valence-corrected chi connectivity index (χ0v) is 17.2. The van der Waals surface area contributed by atoms with E-state index in [9.17, 15) is 5.11 Å². The summed E-state index contributed by atoms with van der Waals surface area (Å²) in [6.07, 6.45) is 9.35. The maximum atomic E-state index is 10.7. The van der Waals surface area contributed by atoms with E-state index in [1.54, 1.807) is 0 Å². The van der Waals surface area contributed by atoms with Crippen LogP contribution in [0.15, 0.2) is 23.8 Å². The van der Waals surface area contributed by atoms with E-state index in [1.807, 2.05) is 6.07 Å². The second kappa shape index (κ2) is 7.27. The predicted molar refractivity (Wildman–Crippen MR) is 108 cm³/mol. The number of phenolic OH excluding ortho intramolecular Hbond substituents is 1. The number of allylic oxidation sites excluding steroid dienone is 2. The Morgan fingerprint density at radius 2 is 2.04 bits per heavy atom. The number of phenols is 1. The molecule has 0 amide bonds. The molecule has 132 valence electrons. The number of rotatable bonds is 5. The van der Waals surface area contributed by atoms with Crippen molar-refractivity contribution in [2.75, 3.05) is 4.43 Å². The molecule has 24 heavy (non-hydrogen) atoms. The molecule has 0 fully saturated rings. The van der Waals surface area contributed by atoms with Crippen LogP contribution in [0.4, 0.5) is 0 Å². The lowest BCUT2D eigenvalue weighted by molar-refractivity contribution is 0.0107. The number of benzene rings is 1. The Hall–Kier alpha value is -0.710. The van der Waals surface area contributed by atoms with Crippen molar-refractivity contribution in [2.24, 2.45) is 5.92 Å². The SMILES string of the molecule is CC1=CC2c3c(O)cc(CCCCCI)cc3OC(C)(C)C2CC1. The topological polar surface area (TPSA) is 29.5 Å². The minimum Gasteiger partial charge on any atom is -0.507 e. The summed E-state index contributed by atoms with van der Waals surface area (Å²) >= 11 is 2.43. The summed E-state index contributed by atoms with van der Waals surface area (Å²) in [5, 5.41) is 10.7. The van der Waals surface area contributed by atoms with E-state index >= 15 is 0 Å². The van der Waals surface area contributed by atoms with E-state index in [0.717, 1.165) is 30.6 Å². The van der Waals surface area contributed by atoms with Gasteiger partial charge < -0.3 is 9.84 Å². The smallest absolute Gasteiger partial charge is 0.127 e. The summed E-state index contributed by atoms with van der Waals surface area (Å²) < 4.78 is 7.60. The molecular formula is C21H29IO2. The van der Waals surface area contributed by atoms with Gasteiger partial charge in [-0.05, 0) is 75.0 Å². The average molecular weight is 440 g/mol. The first kappa shape index (κ1) is 18.1. The van der Waals surface area contributed by atoms with Crippen LogP contribution in [-0.4, -0.2) is 15.1 Å². The van der Waals surface area contributed by atoms with Gasteiger partial charge in [-0.1, -0.05) is 40.7 Å². The lowest BCUT2D eigenvalue weighted by Crippen LogP contribution is -2.45. The van der Waals surface area contributed by atoms with Crippen LogP contribution in [0.1, 0.15) is 69.9 Å². The fourth-order valence-electron chi connectivity index (χ4n) is 4.32. The molecule has 0 spiro atoms. The van der Waals surface area contributed by atoms with Crippen LogP contribution in [0.25, 0.3) is 0 Å². The summed E-state index contributed by atoms with van der Waals surface area (Å²) in [5.41, 5.74) is 3.46. The molecule has 2 nitrogen and oxygen atoms in total. The third-order valence-electron chi connectivity index (χ3n) is 5.63. The number of hydrogen-bond acceptors (Lipinski definition) is 2. The van der Waals surface area contributed by atoms with Crippen molar-refractivity contribution in [1.29, 1.82) is 0 Å². The third kappa shape index (κ3) is 3.61. The first-order valence-electron chi connectivity index (χ1n) is 9.20. The molecule has 2 unspecified atom stereocenters. The van der Waals surface area contributed by atoms with Gasteiger partial charge in [0.1, 0.15) is 17.1 Å². The van der Waals surface area contributed by atoms with Gasteiger partial charge in [-0.2, -0.15) is 0 Å². The van der Waals surface area contributed by atoms with Crippen LogP contribution >= 0.6 is 22.6 Å². The minimum absolute atomic E-state index is 0.179. The average Bonchev–Trinajstić information content (AvgIpc) is 2.50. The van der Waals surface area contributed by atoms with Gasteiger partial charge in [0.25, 0.3) is 0 Å². The Morgan fingerprint density at radius 1 is 1.25 bits per heavy atom. The van der Waals surface area contributed by atoms with Crippen molar-refractivity contribution in [1.82, 2.24) is 0 Å². The molecule has 0 aromatic heterocycles. The highest BCUT2D eigenvalue weighted by Crippen LogP contribution is 2.53. The molecule has 0 saturated carbocycles. The number of fused-ring (bicyclic) bond motifs is 3. The Kier molecular flexibility index (Phi) is 5.48. The Balaban J connectivity index is 1.91. The zero-order valence-electron chi connectivity index (χ0n) is 15.1. The van der Waals surface area contributed by atoms with Crippen LogP contribution in [0.3, 0.4) is 0 Å². The second-order valence-electron chi connectivity index (χ2n) is 7.92. The molecule has 1 heterocycles. The molecule has 1 aromatic rings. The summed E-state index contributed by atoms with van der Waals surface area (Å²) in [7, 11) is 0. The fraction of sp³-hybridized carbons (Fsp3) is 0.619. The molecule has 1 N–H and O–H groups in total. The molecule has 0 bridgehead atoms. The van der Waals surface area contributed by atoms with Crippen molar-refractivity contribution in [2.45, 2.75) is 70.8 Å². The number of hydrogen-bond donors (Lipinski definition) is 1. The van der Waals surface area contributed by atoms with Crippen molar-refractivity contribution < 1.29 is 9.84 Å². The monoisotopic (exact) mass is 440 g/mol. The van der Waals surface area contributed by atoms with Gasteiger partial charge in [-0.15, -0.1) is 0 Å². The molecule has 3 rings (SSSR count). The molecule has 1 aliphatic heterocycles. The number of unbranched alkanes of at least 4 members (excludes halogenated alkanes) is 2. The number of aromatic hydroxyl groups is 1. The highest BCUT2D eigenvalue weighted by molar-refractivity contribution is 14.1. The van der Waals surface area contributed by atoms with Crippen molar-refractivity contribution >= 4 is 22.6 Å². The van der Waals surface area contributed by atoms with E-state index in [1.165, 1.54) is 34.8 Å². The molecule has 1 aliphatic carbocycles. The van der Waals surface area contributed by atoms with Crippen molar-refractivity contribution in [3.8, 4) is 11.5 Å². The van der Waals surface area contributed by atoms with Crippen LogP contribution in [0, 0.1) is 5.92 Å². The van der Waals surface area contributed by atoms with E-state index in [-0.39, 0.29) is 11.5 Å². The maximum Gasteiger partial charge on any atom is 0.127 e. The lowest BCUT2D eigenvalue weighted by atomic mass is 9.68. The highest BCUT2D eigenvalue weighted by atomic mass is 127. The van der Waals surface area contributed by atoms with Gasteiger partial charge in [0.15, 0.2) is 0 Å². The molecule has 2 atom stereocenters. The normalized spacial score (nSPS) is 24.6. The summed E-state index contributed by atoms with van der Waals surface area (Å²) in [5.74, 6) is 2.05. The first-order valence-corrected chi connectivity index (χ1v) is 10.7. The molecule has 0 saturated heterocycles. The highest BCUT2D eigenvalue weighted by Gasteiger charge is 2.45. The van der Waals surface area contributed by atoms with Crippen LogP contribution in [-0.2, 0) is 6.42 Å². The van der Waals surface area contributed by atoms with Gasteiger partial charge >= 0.3 is 0 Å². The Bertz CT molecular complexity index is 633. The molecule has 1 aromatic carbocycles. The maximum absolute atomic E-state index is 10.7. The standard InChI is InChI=1S/C21H29IO2/c1-14-8-9-17-16(11-14)20-18(23)12-15(7-5-4-6-10-22)13-19(20)24-21(17,2)3/h11-13,16-17,23H,4-10H2,1-3H3. The van der Waals surface area contributed by atoms with Gasteiger partial charge in [-0.25, -0.2) is 0 Å². The Morgan fingerprint density at radius 3 is 2.79 bits per heavy atom. The lowest BCUT2D eigenvalue weighted by Gasteiger charge is -2.46. The van der Waals surface area contributed by atoms with Crippen molar-refractivity contribution in [3.05, 3.63) is 34.9 Å². The molecule has 2 aliphatic rings. The van der Waals surface area contributed by atoms with Crippen LogP contribution in [0.2, 0.25) is 0 Å². The van der Waals surface area contributed by atoms with Gasteiger partial charge in [-0.3, -0.25) is 0 Å². The third-order valence-corrected chi connectivity index (χ3v) is 6.39. The minimum atomic E-state index is -0.179. The van der Waals surface area contributed by atoms with E-state index in [2.05, 4.69) is 55.5 Å². The molecular weight excluding hydrogens is 411 g/mol. The Labute approximate surface area is 159 Å². The molecule has 0 radical (unpaired) electrons. The number of aryl methyl sites for hydroxylation is 1. The van der Waals surface area contributed by atoms with Crippen LogP contribution < -0.4 is 4.74 Å². The fourth-order valence-corrected chi connectivity index (χ4v) is 4.86. The predicted octanol–water partition coefficient (Wildman–Crippen LogP) is 6.15. The second-order valence-corrected chi connectivity index (χ2v) is 8.99. The summed E-state index contributed by atoms with van der Waals surface area (Å²) in [6, 6.07) is 4.15. The summed E-state index contributed by atoms with van der Waals surface area (Å²) in [4.78, 5) is 0. The van der Waals surface area contributed by atoms with Gasteiger partial charge in [0.05, 0.1) is 0 Å². The number of halogens is 1. The molecule has 3 heteroatoms. The quantitative estimate of drug-likeness (QED) is 0.258. The van der Waals surface area contributed by atoms with E-state index < -0.39 is 0 Å². The van der Waals surface area contributed by atoms with Crippen LogP contribution in [0.5, 0.6) is 11.5 Å². The van der Waals surface area contributed by atoms with Crippen molar-refractivity contribution in [3.63, 3.8) is 0 Å². The van der Waals surface area contributed by atoms with Gasteiger partial charge in [0, 0.05) is 17.4 Å². The number of ether oxygens (including phenoxy) is 1. The summed E-state index contributed by atoms with van der Waals surface area (Å²) in [6.45, 7) is 6.61. The van der Waals surface area contributed by atoms with Gasteiger partial charge in [0.2, 0.25) is 0 Å². The first-order chi connectivity index (χ1) is 11.4. The largest absolute Gasteiger partial charge is 0.507 e. The van der Waals surface area contributed by atoms with E-state index in [0.29, 0.717) is 11.7 Å². The van der Waals surface area contributed by atoms with E-state index in [4.69, 9.17) is 4.74 Å². The number of alkyl halides is 1. The zero-order chi connectivity index (χ0) is 17.3.